The van der Waals surface area contributed by atoms with Gasteiger partial charge in [-0.25, -0.2) is 13.1 Å². The summed E-state index contributed by atoms with van der Waals surface area (Å²) in [4.78, 5) is 13.9. The van der Waals surface area contributed by atoms with Gasteiger partial charge in [0.2, 0.25) is 15.9 Å². The third-order valence-electron chi connectivity index (χ3n) is 5.69. The molecule has 1 heterocycles. The zero-order valence-electron chi connectivity index (χ0n) is 16.1. The highest BCUT2D eigenvalue weighted by molar-refractivity contribution is 7.89. The molecule has 2 N–H and O–H groups in total. The number of rotatable bonds is 7. The summed E-state index contributed by atoms with van der Waals surface area (Å²) >= 11 is 1.72. The van der Waals surface area contributed by atoms with E-state index in [0.29, 0.717) is 11.9 Å². The third-order valence-corrected chi connectivity index (χ3v) is 8.27. The molecule has 0 unspecified atom stereocenters. The maximum absolute atomic E-state index is 12.8. The fourth-order valence-electron chi connectivity index (χ4n) is 4.14. The average molecular weight is 429 g/mol. The Hall–Kier alpha value is -2.22. The van der Waals surface area contributed by atoms with Gasteiger partial charge in [-0.2, -0.15) is 0 Å². The van der Waals surface area contributed by atoms with Crippen LogP contribution >= 0.6 is 11.3 Å². The van der Waals surface area contributed by atoms with Gasteiger partial charge in [-0.15, -0.1) is 11.3 Å². The number of carbonyl (C=O) groups is 1. The Kier molecular flexibility index (Phi) is 5.72. The zero-order chi connectivity index (χ0) is 20.3. The minimum Gasteiger partial charge on any atom is -0.354 e. The Balaban J connectivity index is 1.41. The Morgan fingerprint density at radius 2 is 1.76 bits per heavy atom. The van der Waals surface area contributed by atoms with E-state index < -0.39 is 10.0 Å². The van der Waals surface area contributed by atoms with Gasteiger partial charge in [0.05, 0.1) is 11.4 Å². The molecule has 1 aliphatic rings. The van der Waals surface area contributed by atoms with Crippen molar-refractivity contribution in [2.24, 2.45) is 0 Å². The van der Waals surface area contributed by atoms with Crippen LogP contribution in [0.3, 0.4) is 0 Å². The molecule has 1 fully saturated rings. The molecule has 7 heteroatoms. The van der Waals surface area contributed by atoms with Crippen LogP contribution in [0, 0.1) is 0 Å². The fraction of sp³-hybridized carbons (Fsp3) is 0.318. The van der Waals surface area contributed by atoms with E-state index in [1.54, 1.807) is 35.6 Å². The Labute approximate surface area is 175 Å². The molecule has 3 aromatic rings. The molecule has 0 radical (unpaired) electrons. The van der Waals surface area contributed by atoms with Gasteiger partial charge in [0.25, 0.3) is 0 Å². The maximum Gasteiger partial charge on any atom is 0.241 e. The van der Waals surface area contributed by atoms with Crippen molar-refractivity contribution in [2.45, 2.75) is 36.0 Å². The minimum atomic E-state index is -3.79. The van der Waals surface area contributed by atoms with Gasteiger partial charge in [0.15, 0.2) is 0 Å². The zero-order valence-corrected chi connectivity index (χ0v) is 17.7. The Morgan fingerprint density at radius 3 is 2.52 bits per heavy atom. The molecule has 0 saturated heterocycles. The first-order valence-corrected chi connectivity index (χ1v) is 12.1. The normalized spacial score (nSPS) is 16.1. The molecule has 4 rings (SSSR count). The molecule has 152 valence electrons. The summed E-state index contributed by atoms with van der Waals surface area (Å²) in [5.41, 5.74) is -0.0155. The van der Waals surface area contributed by atoms with Gasteiger partial charge < -0.3 is 5.32 Å². The second-order valence-electron chi connectivity index (χ2n) is 7.54. The first-order chi connectivity index (χ1) is 14.0. The number of amides is 1. The molecule has 1 amide bonds. The van der Waals surface area contributed by atoms with Crippen molar-refractivity contribution in [3.05, 3.63) is 64.9 Å². The van der Waals surface area contributed by atoms with E-state index in [0.717, 1.165) is 31.1 Å². The molecule has 0 bridgehead atoms. The van der Waals surface area contributed by atoms with Crippen LogP contribution in [-0.4, -0.2) is 27.4 Å². The number of fused-ring (bicyclic) bond motifs is 1. The summed E-state index contributed by atoms with van der Waals surface area (Å²) < 4.78 is 28.0. The molecule has 0 spiro atoms. The molecule has 1 aromatic heterocycles. The molecule has 2 aromatic carbocycles. The summed E-state index contributed by atoms with van der Waals surface area (Å²) in [6.07, 6.45) is 4.41. The fourth-order valence-corrected chi connectivity index (χ4v) is 6.34. The van der Waals surface area contributed by atoms with E-state index in [1.807, 2.05) is 24.3 Å². The lowest BCUT2D eigenvalue weighted by atomic mass is 9.84. The van der Waals surface area contributed by atoms with Crippen LogP contribution in [0.25, 0.3) is 10.8 Å². The monoisotopic (exact) mass is 428 g/mol. The topological polar surface area (TPSA) is 75.3 Å². The van der Waals surface area contributed by atoms with E-state index in [4.69, 9.17) is 0 Å². The van der Waals surface area contributed by atoms with Crippen molar-refractivity contribution in [1.82, 2.24) is 10.0 Å². The van der Waals surface area contributed by atoms with Gasteiger partial charge in [0.1, 0.15) is 0 Å². The lowest BCUT2D eigenvalue weighted by Gasteiger charge is -2.28. The van der Waals surface area contributed by atoms with E-state index in [9.17, 15) is 13.2 Å². The van der Waals surface area contributed by atoms with Gasteiger partial charge >= 0.3 is 0 Å². The number of benzene rings is 2. The standard InChI is InChI=1S/C22H24N2O3S2/c25-21(23-16-22(12-3-4-13-22)20-11-6-14-28-20)15-24-29(26,27)19-10-5-8-17-7-1-2-9-18(17)19/h1-2,5-11,14,24H,3-4,12-13,15-16H2,(H,23,25). The highest BCUT2D eigenvalue weighted by atomic mass is 32.2. The SMILES string of the molecule is O=C(CNS(=O)(=O)c1cccc2ccccc12)NCC1(c2cccs2)CCCC1. The van der Waals surface area contributed by atoms with E-state index in [-0.39, 0.29) is 22.8 Å². The van der Waals surface area contributed by atoms with Gasteiger partial charge in [0, 0.05) is 22.2 Å². The van der Waals surface area contributed by atoms with Crippen molar-refractivity contribution in [3.63, 3.8) is 0 Å². The lowest BCUT2D eigenvalue weighted by Crippen LogP contribution is -2.43. The summed E-state index contributed by atoms with van der Waals surface area (Å²) in [6.45, 7) is 0.272. The van der Waals surface area contributed by atoms with Crippen LogP contribution in [-0.2, 0) is 20.2 Å². The van der Waals surface area contributed by atoms with Crippen LogP contribution in [0.1, 0.15) is 30.6 Å². The average Bonchev–Trinajstić information content (AvgIpc) is 3.43. The van der Waals surface area contributed by atoms with Gasteiger partial charge in [-0.05, 0) is 35.7 Å². The number of hydrogen-bond acceptors (Lipinski definition) is 4. The molecule has 5 nitrogen and oxygen atoms in total. The Morgan fingerprint density at radius 1 is 1.00 bits per heavy atom. The van der Waals surface area contributed by atoms with Crippen molar-refractivity contribution < 1.29 is 13.2 Å². The number of hydrogen-bond donors (Lipinski definition) is 2. The molecule has 1 saturated carbocycles. The smallest absolute Gasteiger partial charge is 0.241 e. The van der Waals surface area contributed by atoms with Crippen LogP contribution in [0.15, 0.2) is 64.9 Å². The molecular formula is C22H24N2O3S2. The van der Waals surface area contributed by atoms with E-state index >= 15 is 0 Å². The molecule has 29 heavy (non-hydrogen) atoms. The summed E-state index contributed by atoms with van der Waals surface area (Å²) in [7, 11) is -3.79. The molecule has 0 atom stereocenters. The first kappa shape index (κ1) is 20.1. The predicted molar refractivity (Wildman–Crippen MR) is 117 cm³/mol. The number of thiophene rings is 1. The largest absolute Gasteiger partial charge is 0.354 e. The highest BCUT2D eigenvalue weighted by Crippen LogP contribution is 2.42. The third kappa shape index (κ3) is 4.22. The second kappa shape index (κ2) is 8.26. The van der Waals surface area contributed by atoms with Crippen molar-refractivity contribution >= 4 is 38.0 Å². The molecule has 0 aliphatic heterocycles. The Bertz CT molecular complexity index is 1100. The molecular weight excluding hydrogens is 404 g/mol. The number of carbonyl (C=O) groups excluding carboxylic acids is 1. The molecule has 1 aliphatic carbocycles. The highest BCUT2D eigenvalue weighted by Gasteiger charge is 2.36. The van der Waals surface area contributed by atoms with Crippen LogP contribution in [0.5, 0.6) is 0 Å². The van der Waals surface area contributed by atoms with Crippen LogP contribution in [0.2, 0.25) is 0 Å². The maximum atomic E-state index is 12.8. The van der Waals surface area contributed by atoms with Gasteiger partial charge in [-0.1, -0.05) is 55.3 Å². The lowest BCUT2D eigenvalue weighted by molar-refractivity contribution is -0.120. The van der Waals surface area contributed by atoms with Crippen LogP contribution in [0.4, 0.5) is 0 Å². The predicted octanol–water partition coefficient (Wildman–Crippen LogP) is 3.81. The van der Waals surface area contributed by atoms with Crippen molar-refractivity contribution in [1.29, 1.82) is 0 Å². The number of sulfonamides is 1. The van der Waals surface area contributed by atoms with E-state index in [2.05, 4.69) is 21.5 Å². The second-order valence-corrected chi connectivity index (χ2v) is 10.2. The van der Waals surface area contributed by atoms with Gasteiger partial charge in [-0.3, -0.25) is 4.79 Å². The summed E-state index contributed by atoms with van der Waals surface area (Å²) in [5.74, 6) is -0.309. The van der Waals surface area contributed by atoms with Crippen LogP contribution < -0.4 is 10.0 Å². The van der Waals surface area contributed by atoms with Crippen molar-refractivity contribution in [2.75, 3.05) is 13.1 Å². The minimum absolute atomic E-state index is 0.0155. The van der Waals surface area contributed by atoms with Crippen molar-refractivity contribution in [3.8, 4) is 0 Å². The quantitative estimate of drug-likeness (QED) is 0.601. The summed E-state index contributed by atoms with van der Waals surface area (Å²) in [5, 5.41) is 6.51. The van der Waals surface area contributed by atoms with E-state index in [1.165, 1.54) is 4.88 Å². The number of nitrogens with one attached hydrogen (secondary N) is 2. The first-order valence-electron chi connectivity index (χ1n) is 9.78. The summed E-state index contributed by atoms with van der Waals surface area (Å²) in [6, 6.07) is 16.6.